The van der Waals surface area contributed by atoms with Crippen molar-refractivity contribution in [2.75, 3.05) is 7.11 Å². The SMILES string of the molecule is COc1ccc(CC(=O)N[C@H]2CCCc3c2cnn3C(C)(C)C)cc1. The maximum absolute atomic E-state index is 12.5. The normalized spacial score (nSPS) is 17.0. The van der Waals surface area contributed by atoms with E-state index in [0.29, 0.717) is 6.42 Å². The number of fused-ring (bicyclic) bond motifs is 1. The first-order chi connectivity index (χ1) is 11.9. The van der Waals surface area contributed by atoms with E-state index in [0.717, 1.165) is 30.6 Å². The summed E-state index contributed by atoms with van der Waals surface area (Å²) in [4.78, 5) is 12.5. The molecule has 0 saturated heterocycles. The van der Waals surface area contributed by atoms with Gasteiger partial charge in [0.05, 0.1) is 31.3 Å². The van der Waals surface area contributed by atoms with E-state index in [-0.39, 0.29) is 17.5 Å². The van der Waals surface area contributed by atoms with Crippen LogP contribution < -0.4 is 10.1 Å². The van der Waals surface area contributed by atoms with Gasteiger partial charge < -0.3 is 10.1 Å². The second-order valence-corrected chi connectivity index (χ2v) is 7.67. The van der Waals surface area contributed by atoms with Crippen LogP contribution in [0.25, 0.3) is 0 Å². The number of hydrogen-bond acceptors (Lipinski definition) is 3. The van der Waals surface area contributed by atoms with Gasteiger partial charge in [-0.2, -0.15) is 5.10 Å². The molecule has 3 rings (SSSR count). The van der Waals surface area contributed by atoms with Crippen molar-refractivity contribution in [3.05, 3.63) is 47.3 Å². The first-order valence-electron chi connectivity index (χ1n) is 8.88. The van der Waals surface area contributed by atoms with Crippen LogP contribution in [0, 0.1) is 0 Å². The number of nitrogens with zero attached hydrogens (tertiary/aromatic N) is 2. The minimum absolute atomic E-state index is 0.0391. The van der Waals surface area contributed by atoms with Gasteiger partial charge in [0.1, 0.15) is 5.75 Å². The maximum atomic E-state index is 12.5. The van der Waals surface area contributed by atoms with Crippen molar-refractivity contribution in [3.63, 3.8) is 0 Å². The molecule has 0 radical (unpaired) electrons. The Morgan fingerprint density at radius 1 is 1.32 bits per heavy atom. The van der Waals surface area contributed by atoms with Gasteiger partial charge in [-0.15, -0.1) is 0 Å². The number of ether oxygens (including phenoxy) is 1. The number of aromatic nitrogens is 2. The fourth-order valence-corrected chi connectivity index (χ4v) is 3.46. The third-order valence-corrected chi connectivity index (χ3v) is 4.68. The quantitative estimate of drug-likeness (QED) is 0.927. The van der Waals surface area contributed by atoms with Crippen LogP contribution in [0.2, 0.25) is 0 Å². The lowest BCUT2D eigenvalue weighted by molar-refractivity contribution is -0.121. The molecule has 0 unspecified atom stereocenters. The summed E-state index contributed by atoms with van der Waals surface area (Å²) in [6, 6.07) is 7.69. The predicted molar refractivity (Wildman–Crippen MR) is 97.7 cm³/mol. The molecule has 25 heavy (non-hydrogen) atoms. The number of methoxy groups -OCH3 is 1. The minimum atomic E-state index is -0.0391. The molecule has 1 aliphatic carbocycles. The van der Waals surface area contributed by atoms with E-state index in [1.807, 2.05) is 30.5 Å². The van der Waals surface area contributed by atoms with Gasteiger partial charge in [0.2, 0.25) is 5.91 Å². The monoisotopic (exact) mass is 341 g/mol. The summed E-state index contributed by atoms with van der Waals surface area (Å²) in [6.07, 6.45) is 5.37. The fourth-order valence-electron chi connectivity index (χ4n) is 3.46. The summed E-state index contributed by atoms with van der Waals surface area (Å²) in [5, 5.41) is 7.77. The molecule has 5 nitrogen and oxygen atoms in total. The number of carbonyl (C=O) groups is 1. The van der Waals surface area contributed by atoms with Gasteiger partial charge in [0.25, 0.3) is 0 Å². The van der Waals surface area contributed by atoms with Crippen molar-refractivity contribution in [1.29, 1.82) is 0 Å². The molecule has 1 aliphatic rings. The molecule has 0 saturated carbocycles. The van der Waals surface area contributed by atoms with Crippen molar-refractivity contribution in [2.45, 2.75) is 58.0 Å². The standard InChI is InChI=1S/C20H27N3O2/c1-20(2,3)23-18-7-5-6-17(16(18)13-21-23)22-19(24)12-14-8-10-15(25-4)11-9-14/h8-11,13,17H,5-7,12H2,1-4H3,(H,22,24)/t17-/m0/s1. The van der Waals surface area contributed by atoms with E-state index in [9.17, 15) is 4.79 Å². The zero-order valence-electron chi connectivity index (χ0n) is 15.5. The fraction of sp³-hybridized carbons (Fsp3) is 0.500. The van der Waals surface area contributed by atoms with E-state index in [1.165, 1.54) is 11.3 Å². The van der Waals surface area contributed by atoms with Gasteiger partial charge in [0, 0.05) is 11.3 Å². The second-order valence-electron chi connectivity index (χ2n) is 7.67. The van der Waals surface area contributed by atoms with Crippen LogP contribution >= 0.6 is 0 Å². The van der Waals surface area contributed by atoms with Crippen LogP contribution in [0.3, 0.4) is 0 Å². The Kier molecular flexibility index (Phi) is 4.84. The highest BCUT2D eigenvalue weighted by molar-refractivity contribution is 5.79. The molecule has 5 heteroatoms. The molecule has 1 atom stereocenters. The molecule has 1 aromatic heterocycles. The summed E-state index contributed by atoms with van der Waals surface area (Å²) in [7, 11) is 1.64. The molecule has 0 aliphatic heterocycles. The van der Waals surface area contributed by atoms with Crippen molar-refractivity contribution in [3.8, 4) is 5.75 Å². The highest BCUT2D eigenvalue weighted by Gasteiger charge is 2.28. The van der Waals surface area contributed by atoms with Crippen LogP contribution in [0.15, 0.2) is 30.5 Å². The van der Waals surface area contributed by atoms with Crippen LogP contribution in [0.5, 0.6) is 5.75 Å². The molecule has 1 N–H and O–H groups in total. The lowest BCUT2D eigenvalue weighted by Crippen LogP contribution is -2.33. The van der Waals surface area contributed by atoms with Gasteiger partial charge in [-0.1, -0.05) is 12.1 Å². The van der Waals surface area contributed by atoms with Gasteiger partial charge in [-0.05, 0) is 57.7 Å². The van der Waals surface area contributed by atoms with Crippen molar-refractivity contribution >= 4 is 5.91 Å². The number of benzene rings is 1. The summed E-state index contributed by atoms with van der Waals surface area (Å²) in [5.41, 5.74) is 3.38. The third-order valence-electron chi connectivity index (χ3n) is 4.68. The van der Waals surface area contributed by atoms with Crippen molar-refractivity contribution in [1.82, 2.24) is 15.1 Å². The van der Waals surface area contributed by atoms with Crippen LogP contribution in [0.1, 0.15) is 56.5 Å². The third kappa shape index (κ3) is 3.86. The minimum Gasteiger partial charge on any atom is -0.497 e. The zero-order chi connectivity index (χ0) is 18.0. The van der Waals surface area contributed by atoms with Gasteiger partial charge >= 0.3 is 0 Å². The Morgan fingerprint density at radius 2 is 2.04 bits per heavy atom. The number of hydrogen-bond donors (Lipinski definition) is 1. The van der Waals surface area contributed by atoms with E-state index in [4.69, 9.17) is 4.74 Å². The van der Waals surface area contributed by atoms with Gasteiger partial charge in [-0.3, -0.25) is 9.48 Å². The van der Waals surface area contributed by atoms with Crippen LogP contribution in [-0.4, -0.2) is 22.8 Å². The Morgan fingerprint density at radius 3 is 2.68 bits per heavy atom. The molecule has 0 spiro atoms. The molecule has 1 aromatic carbocycles. The highest BCUT2D eigenvalue weighted by Crippen LogP contribution is 2.32. The largest absolute Gasteiger partial charge is 0.497 e. The molecule has 134 valence electrons. The number of amides is 1. The zero-order valence-corrected chi connectivity index (χ0v) is 15.5. The number of nitrogens with one attached hydrogen (secondary N) is 1. The molecule has 1 heterocycles. The summed E-state index contributed by atoms with van der Waals surface area (Å²) in [5.74, 6) is 0.849. The lowest BCUT2D eigenvalue weighted by Gasteiger charge is -2.28. The second kappa shape index (κ2) is 6.90. The Hall–Kier alpha value is -2.30. The van der Waals surface area contributed by atoms with E-state index in [1.54, 1.807) is 7.11 Å². The van der Waals surface area contributed by atoms with E-state index in [2.05, 4.69) is 35.9 Å². The molecular formula is C20H27N3O2. The van der Waals surface area contributed by atoms with E-state index < -0.39 is 0 Å². The average molecular weight is 341 g/mol. The van der Waals surface area contributed by atoms with Crippen LogP contribution in [0.4, 0.5) is 0 Å². The van der Waals surface area contributed by atoms with Crippen molar-refractivity contribution in [2.24, 2.45) is 0 Å². The maximum Gasteiger partial charge on any atom is 0.224 e. The summed E-state index contributed by atoms with van der Waals surface area (Å²) >= 11 is 0. The van der Waals surface area contributed by atoms with Gasteiger partial charge in [-0.25, -0.2) is 0 Å². The average Bonchev–Trinajstić information content (AvgIpc) is 3.01. The molecule has 0 fully saturated rings. The molecule has 0 bridgehead atoms. The Balaban J connectivity index is 1.69. The molecular weight excluding hydrogens is 314 g/mol. The van der Waals surface area contributed by atoms with Crippen molar-refractivity contribution < 1.29 is 9.53 Å². The Bertz CT molecular complexity index is 741. The lowest BCUT2D eigenvalue weighted by atomic mass is 9.92. The van der Waals surface area contributed by atoms with Gasteiger partial charge in [0.15, 0.2) is 0 Å². The predicted octanol–water partition coefficient (Wildman–Crippen LogP) is 3.38. The number of carbonyl (C=O) groups excluding carboxylic acids is 1. The smallest absolute Gasteiger partial charge is 0.224 e. The van der Waals surface area contributed by atoms with Crippen LogP contribution in [-0.2, 0) is 23.2 Å². The molecule has 1 amide bonds. The molecule has 2 aromatic rings. The Labute approximate surface area is 149 Å². The van der Waals surface area contributed by atoms with E-state index >= 15 is 0 Å². The first kappa shape index (κ1) is 17.5. The number of rotatable bonds is 4. The first-order valence-corrected chi connectivity index (χ1v) is 8.88. The highest BCUT2D eigenvalue weighted by atomic mass is 16.5. The summed E-state index contributed by atoms with van der Waals surface area (Å²) in [6.45, 7) is 6.48. The summed E-state index contributed by atoms with van der Waals surface area (Å²) < 4.78 is 7.26. The topological polar surface area (TPSA) is 56.1 Å².